The van der Waals surface area contributed by atoms with Crippen molar-refractivity contribution < 1.29 is 17.9 Å². The largest absolute Gasteiger partial charge is 0.379 e. The highest BCUT2D eigenvalue weighted by molar-refractivity contribution is 7.91. The van der Waals surface area contributed by atoms with E-state index in [-0.39, 0.29) is 23.4 Å². The van der Waals surface area contributed by atoms with Crippen LogP contribution in [0, 0.1) is 11.3 Å². The Kier molecular flexibility index (Phi) is 4.53. The molecule has 1 unspecified atom stereocenters. The van der Waals surface area contributed by atoms with Gasteiger partial charge in [-0.2, -0.15) is 5.26 Å². The first-order valence-corrected chi connectivity index (χ1v) is 7.69. The molecule has 1 aliphatic rings. The molecular formula is C13H15NO4S. The smallest absolute Gasteiger partial charge is 0.180 e. The Morgan fingerprint density at radius 3 is 3.00 bits per heavy atom. The van der Waals surface area contributed by atoms with Crippen molar-refractivity contribution in [3.63, 3.8) is 0 Å². The van der Waals surface area contributed by atoms with Crippen LogP contribution in [0.15, 0.2) is 29.2 Å². The highest BCUT2D eigenvalue weighted by Crippen LogP contribution is 2.14. The zero-order valence-electron chi connectivity index (χ0n) is 10.4. The van der Waals surface area contributed by atoms with Crippen LogP contribution < -0.4 is 0 Å². The van der Waals surface area contributed by atoms with Gasteiger partial charge in [-0.15, -0.1) is 0 Å². The molecule has 0 bridgehead atoms. The fourth-order valence-electron chi connectivity index (χ4n) is 1.85. The first kappa shape index (κ1) is 14.0. The average Bonchev–Trinajstić information content (AvgIpc) is 2.92. The Hall–Kier alpha value is -1.42. The minimum Gasteiger partial charge on any atom is -0.379 e. The number of sulfone groups is 1. The molecule has 1 fully saturated rings. The van der Waals surface area contributed by atoms with Crippen LogP contribution in [0.25, 0.3) is 0 Å². The minimum atomic E-state index is -3.40. The summed E-state index contributed by atoms with van der Waals surface area (Å²) < 4.78 is 34.7. The second-order valence-corrected chi connectivity index (χ2v) is 6.42. The normalized spacial score (nSPS) is 19.2. The van der Waals surface area contributed by atoms with Crippen LogP contribution in [0.1, 0.15) is 12.0 Å². The Bertz CT molecular complexity index is 571. The lowest BCUT2D eigenvalue weighted by Crippen LogP contribution is -2.19. The summed E-state index contributed by atoms with van der Waals surface area (Å²) in [6.07, 6.45) is 0.810. The molecule has 0 spiro atoms. The monoisotopic (exact) mass is 281 g/mol. The number of ether oxygens (including phenoxy) is 2. The summed E-state index contributed by atoms with van der Waals surface area (Å²) >= 11 is 0. The van der Waals surface area contributed by atoms with Crippen molar-refractivity contribution in [2.45, 2.75) is 17.4 Å². The first-order valence-electron chi connectivity index (χ1n) is 6.04. The molecule has 1 saturated heterocycles. The maximum absolute atomic E-state index is 12.1. The molecule has 1 aliphatic heterocycles. The number of nitriles is 1. The van der Waals surface area contributed by atoms with Gasteiger partial charge in [0.05, 0.1) is 41.6 Å². The van der Waals surface area contributed by atoms with Crippen molar-refractivity contribution in [3.05, 3.63) is 29.8 Å². The van der Waals surface area contributed by atoms with E-state index in [1.807, 2.05) is 6.07 Å². The van der Waals surface area contributed by atoms with E-state index >= 15 is 0 Å². The molecule has 0 amide bonds. The van der Waals surface area contributed by atoms with Gasteiger partial charge in [0.2, 0.25) is 0 Å². The van der Waals surface area contributed by atoms with Gasteiger partial charge >= 0.3 is 0 Å². The SMILES string of the molecule is N#Cc1cccc(S(=O)(=O)CCOC2CCOC2)c1. The highest BCUT2D eigenvalue weighted by atomic mass is 32.2. The van der Waals surface area contributed by atoms with Crippen LogP contribution >= 0.6 is 0 Å². The Balaban J connectivity index is 1.95. The molecule has 0 radical (unpaired) electrons. The minimum absolute atomic E-state index is 0.000595. The lowest BCUT2D eigenvalue weighted by molar-refractivity contribution is 0.0520. The van der Waals surface area contributed by atoms with Gasteiger partial charge in [-0.05, 0) is 24.6 Å². The van der Waals surface area contributed by atoms with Crippen LogP contribution in [0.5, 0.6) is 0 Å². The standard InChI is InChI=1S/C13H15NO4S/c14-9-11-2-1-3-13(8-11)19(15,16)7-6-18-12-4-5-17-10-12/h1-3,8,12H,4-7,10H2. The molecule has 1 aromatic rings. The summed E-state index contributed by atoms with van der Waals surface area (Å²) in [5.41, 5.74) is 0.339. The fraction of sp³-hybridized carbons (Fsp3) is 0.462. The summed E-state index contributed by atoms with van der Waals surface area (Å²) in [7, 11) is -3.40. The Morgan fingerprint density at radius 2 is 2.32 bits per heavy atom. The molecule has 5 nitrogen and oxygen atoms in total. The summed E-state index contributed by atoms with van der Waals surface area (Å²) in [6, 6.07) is 7.95. The third-order valence-corrected chi connectivity index (χ3v) is 4.59. The number of rotatable bonds is 5. The summed E-state index contributed by atoms with van der Waals surface area (Å²) in [5, 5.41) is 8.76. The molecule has 19 heavy (non-hydrogen) atoms. The molecule has 1 heterocycles. The van der Waals surface area contributed by atoms with Crippen molar-refractivity contribution in [2.75, 3.05) is 25.6 Å². The second kappa shape index (κ2) is 6.15. The lowest BCUT2D eigenvalue weighted by Gasteiger charge is -2.10. The highest BCUT2D eigenvalue weighted by Gasteiger charge is 2.19. The van der Waals surface area contributed by atoms with E-state index < -0.39 is 9.84 Å². The van der Waals surface area contributed by atoms with Crippen molar-refractivity contribution in [2.24, 2.45) is 0 Å². The predicted molar refractivity (Wildman–Crippen MR) is 68.4 cm³/mol. The van der Waals surface area contributed by atoms with Gasteiger partial charge in [-0.1, -0.05) is 6.07 Å². The summed E-state index contributed by atoms with van der Waals surface area (Å²) in [5.74, 6) is -0.0849. The molecule has 0 saturated carbocycles. The predicted octanol–water partition coefficient (Wildman–Crippen LogP) is 1.14. The van der Waals surface area contributed by atoms with E-state index in [2.05, 4.69) is 0 Å². The number of nitrogens with zero attached hydrogens (tertiary/aromatic N) is 1. The molecule has 0 aromatic heterocycles. The maximum Gasteiger partial charge on any atom is 0.180 e. The van der Waals surface area contributed by atoms with Crippen LogP contribution in [0.4, 0.5) is 0 Å². The van der Waals surface area contributed by atoms with Gasteiger partial charge < -0.3 is 9.47 Å². The average molecular weight is 281 g/mol. The van der Waals surface area contributed by atoms with Crippen molar-refractivity contribution in [1.29, 1.82) is 5.26 Å². The van der Waals surface area contributed by atoms with Crippen molar-refractivity contribution in [3.8, 4) is 6.07 Å². The van der Waals surface area contributed by atoms with Gasteiger partial charge in [0.25, 0.3) is 0 Å². The zero-order valence-corrected chi connectivity index (χ0v) is 11.2. The van der Waals surface area contributed by atoms with Crippen LogP contribution in [0.3, 0.4) is 0 Å². The van der Waals surface area contributed by atoms with Gasteiger partial charge in [-0.25, -0.2) is 8.42 Å². The van der Waals surface area contributed by atoms with E-state index in [0.717, 1.165) is 6.42 Å². The third kappa shape index (κ3) is 3.77. The summed E-state index contributed by atoms with van der Waals surface area (Å²) in [4.78, 5) is 0.165. The molecule has 6 heteroatoms. The molecule has 102 valence electrons. The molecule has 0 aliphatic carbocycles. The second-order valence-electron chi connectivity index (χ2n) is 4.31. The van der Waals surface area contributed by atoms with Gasteiger partial charge in [-0.3, -0.25) is 0 Å². The molecule has 0 N–H and O–H groups in total. The van der Waals surface area contributed by atoms with Crippen molar-refractivity contribution >= 4 is 9.84 Å². The van der Waals surface area contributed by atoms with Gasteiger partial charge in [0.1, 0.15) is 0 Å². The quantitative estimate of drug-likeness (QED) is 0.809. The van der Waals surface area contributed by atoms with Gasteiger partial charge in [0.15, 0.2) is 9.84 Å². The number of hydrogen-bond donors (Lipinski definition) is 0. The zero-order chi connectivity index (χ0) is 13.7. The van der Waals surface area contributed by atoms with E-state index in [0.29, 0.717) is 18.8 Å². The molecular weight excluding hydrogens is 266 g/mol. The molecule has 1 atom stereocenters. The maximum atomic E-state index is 12.1. The van der Waals surface area contributed by atoms with E-state index in [1.165, 1.54) is 12.1 Å². The fourth-order valence-corrected chi connectivity index (χ4v) is 2.99. The van der Waals surface area contributed by atoms with E-state index in [9.17, 15) is 8.42 Å². The Labute approximate surface area is 112 Å². The molecule has 1 aromatic carbocycles. The van der Waals surface area contributed by atoms with E-state index in [1.54, 1.807) is 12.1 Å². The topological polar surface area (TPSA) is 76.4 Å². The number of hydrogen-bond acceptors (Lipinski definition) is 5. The van der Waals surface area contributed by atoms with Crippen LogP contribution in [-0.4, -0.2) is 40.1 Å². The van der Waals surface area contributed by atoms with Crippen molar-refractivity contribution in [1.82, 2.24) is 0 Å². The van der Waals surface area contributed by atoms with Gasteiger partial charge in [0, 0.05) is 6.61 Å². The van der Waals surface area contributed by atoms with Crippen LogP contribution in [0.2, 0.25) is 0 Å². The lowest BCUT2D eigenvalue weighted by atomic mass is 10.2. The first-order chi connectivity index (χ1) is 9.12. The summed E-state index contributed by atoms with van der Waals surface area (Å²) in [6.45, 7) is 1.35. The van der Waals surface area contributed by atoms with Crippen LogP contribution in [-0.2, 0) is 19.3 Å². The van der Waals surface area contributed by atoms with E-state index in [4.69, 9.17) is 14.7 Å². The molecule has 2 rings (SSSR count). The Morgan fingerprint density at radius 1 is 1.47 bits per heavy atom. The third-order valence-electron chi connectivity index (χ3n) is 2.92. The number of benzene rings is 1.